The van der Waals surface area contributed by atoms with Gasteiger partial charge in [0, 0.05) is 26.8 Å². The maximum atomic E-state index is 11.7. The summed E-state index contributed by atoms with van der Waals surface area (Å²) in [5.41, 5.74) is 1.30. The molecule has 14 heavy (non-hydrogen) atoms. The average Bonchev–Trinajstić information content (AvgIpc) is 2.44. The Labute approximate surface area is 82.9 Å². The number of aromatic nitrogens is 2. The molecule has 1 aromatic rings. The fraction of sp³-hybridized carbons (Fsp3) is 0.556. The molecule has 0 aliphatic carbocycles. The molecule has 0 aromatic carbocycles. The minimum absolute atomic E-state index is 0.0262. The van der Waals surface area contributed by atoms with Gasteiger partial charge in [-0.15, -0.1) is 0 Å². The van der Waals surface area contributed by atoms with Crippen LogP contribution in [0.3, 0.4) is 0 Å². The molecule has 0 aliphatic rings. The minimum atomic E-state index is -0.107. The van der Waals surface area contributed by atoms with Crippen molar-refractivity contribution in [3.63, 3.8) is 0 Å². The normalized spacial score (nSPS) is 10.3. The molecule has 0 unspecified atom stereocenters. The first-order valence-corrected chi connectivity index (χ1v) is 4.43. The van der Waals surface area contributed by atoms with Gasteiger partial charge in [0.05, 0.1) is 17.9 Å². The second kappa shape index (κ2) is 4.23. The van der Waals surface area contributed by atoms with Gasteiger partial charge in [0.15, 0.2) is 0 Å². The lowest BCUT2D eigenvalue weighted by atomic mass is 10.2. The highest BCUT2D eigenvalue weighted by Gasteiger charge is 2.15. The smallest absolute Gasteiger partial charge is 0.257 e. The van der Waals surface area contributed by atoms with E-state index < -0.39 is 0 Å². The van der Waals surface area contributed by atoms with Gasteiger partial charge in [-0.2, -0.15) is 5.10 Å². The van der Waals surface area contributed by atoms with Crippen molar-refractivity contribution in [2.24, 2.45) is 7.05 Å². The van der Waals surface area contributed by atoms with Gasteiger partial charge in [0.1, 0.15) is 0 Å². The molecule has 1 heterocycles. The Morgan fingerprint density at radius 1 is 1.71 bits per heavy atom. The predicted molar refractivity (Wildman–Crippen MR) is 52.0 cm³/mol. The number of hydrogen-bond donors (Lipinski definition) is 1. The third-order valence-corrected chi connectivity index (χ3v) is 2.03. The van der Waals surface area contributed by atoms with E-state index in [0.717, 1.165) is 0 Å². The van der Waals surface area contributed by atoms with Crippen LogP contribution < -0.4 is 0 Å². The summed E-state index contributed by atoms with van der Waals surface area (Å²) in [5, 5.41) is 12.8. The number of hydrogen-bond acceptors (Lipinski definition) is 3. The van der Waals surface area contributed by atoms with Crippen LogP contribution >= 0.6 is 0 Å². The van der Waals surface area contributed by atoms with Crippen LogP contribution in [0.15, 0.2) is 6.20 Å². The van der Waals surface area contributed by atoms with Crippen molar-refractivity contribution in [2.45, 2.75) is 6.92 Å². The van der Waals surface area contributed by atoms with Gasteiger partial charge in [-0.25, -0.2) is 0 Å². The molecule has 0 fully saturated rings. The number of likely N-dealkylation sites (N-methyl/N-ethyl adjacent to an activating group) is 1. The van der Waals surface area contributed by atoms with Crippen LogP contribution in [0.5, 0.6) is 0 Å². The molecule has 0 saturated heterocycles. The first-order valence-electron chi connectivity index (χ1n) is 4.43. The Morgan fingerprint density at radius 3 is 2.79 bits per heavy atom. The molecular weight excluding hydrogens is 182 g/mol. The van der Waals surface area contributed by atoms with Crippen molar-refractivity contribution in [3.8, 4) is 0 Å². The van der Waals surface area contributed by atoms with E-state index in [-0.39, 0.29) is 12.5 Å². The zero-order valence-corrected chi connectivity index (χ0v) is 8.69. The maximum Gasteiger partial charge on any atom is 0.257 e. The largest absolute Gasteiger partial charge is 0.395 e. The highest BCUT2D eigenvalue weighted by atomic mass is 16.3. The molecule has 0 saturated carbocycles. The van der Waals surface area contributed by atoms with E-state index >= 15 is 0 Å². The van der Waals surface area contributed by atoms with E-state index in [1.54, 1.807) is 31.9 Å². The average molecular weight is 197 g/mol. The lowest BCUT2D eigenvalue weighted by molar-refractivity contribution is 0.0766. The molecule has 0 radical (unpaired) electrons. The molecule has 0 bridgehead atoms. The van der Waals surface area contributed by atoms with Crippen LogP contribution in [-0.4, -0.2) is 45.9 Å². The van der Waals surface area contributed by atoms with E-state index in [9.17, 15) is 4.79 Å². The van der Waals surface area contributed by atoms with Crippen molar-refractivity contribution in [1.29, 1.82) is 0 Å². The number of amides is 1. The SMILES string of the molecule is Cc1nn(C)cc1C(=O)N(C)CCO. The number of nitrogens with zero attached hydrogens (tertiary/aromatic N) is 3. The molecule has 1 aromatic heterocycles. The monoisotopic (exact) mass is 197 g/mol. The lowest BCUT2D eigenvalue weighted by Gasteiger charge is -2.14. The van der Waals surface area contributed by atoms with E-state index in [1.807, 2.05) is 0 Å². The number of aryl methyl sites for hydroxylation is 2. The van der Waals surface area contributed by atoms with Crippen molar-refractivity contribution in [1.82, 2.24) is 14.7 Å². The molecule has 0 spiro atoms. The third kappa shape index (κ3) is 2.11. The van der Waals surface area contributed by atoms with Gasteiger partial charge in [0.25, 0.3) is 5.91 Å². The zero-order chi connectivity index (χ0) is 10.7. The fourth-order valence-corrected chi connectivity index (χ4v) is 1.27. The van der Waals surface area contributed by atoms with Gasteiger partial charge < -0.3 is 10.0 Å². The molecule has 0 aliphatic heterocycles. The highest BCUT2D eigenvalue weighted by Crippen LogP contribution is 2.07. The summed E-state index contributed by atoms with van der Waals surface area (Å²) in [4.78, 5) is 13.2. The fourth-order valence-electron chi connectivity index (χ4n) is 1.27. The van der Waals surface area contributed by atoms with Crippen LogP contribution in [0, 0.1) is 6.92 Å². The highest BCUT2D eigenvalue weighted by molar-refractivity contribution is 5.94. The van der Waals surface area contributed by atoms with Crippen LogP contribution in [0.2, 0.25) is 0 Å². The Balaban J connectivity index is 2.83. The summed E-state index contributed by atoms with van der Waals surface area (Å²) in [5.74, 6) is -0.107. The molecule has 78 valence electrons. The summed E-state index contributed by atoms with van der Waals surface area (Å²) in [7, 11) is 3.43. The standard InChI is InChI=1S/C9H15N3O2/c1-7-8(6-12(3)10-7)9(14)11(2)4-5-13/h6,13H,4-5H2,1-3H3. The number of rotatable bonds is 3. The van der Waals surface area contributed by atoms with Gasteiger partial charge in [-0.05, 0) is 6.92 Å². The molecule has 5 heteroatoms. The maximum absolute atomic E-state index is 11.7. The van der Waals surface area contributed by atoms with Crippen LogP contribution in [0.25, 0.3) is 0 Å². The third-order valence-electron chi connectivity index (χ3n) is 2.03. The Morgan fingerprint density at radius 2 is 2.36 bits per heavy atom. The predicted octanol–water partition coefficient (Wildman–Crippen LogP) is -0.207. The summed E-state index contributed by atoms with van der Waals surface area (Å²) >= 11 is 0. The number of aliphatic hydroxyl groups is 1. The Bertz CT molecular complexity index is 333. The van der Waals surface area contributed by atoms with Gasteiger partial charge in [0.2, 0.25) is 0 Å². The number of aliphatic hydroxyl groups excluding tert-OH is 1. The molecule has 1 amide bonds. The van der Waals surface area contributed by atoms with Crippen LogP contribution in [0.4, 0.5) is 0 Å². The minimum Gasteiger partial charge on any atom is -0.395 e. The summed E-state index contributed by atoms with van der Waals surface area (Å²) < 4.78 is 1.61. The lowest BCUT2D eigenvalue weighted by Crippen LogP contribution is -2.29. The van der Waals surface area contributed by atoms with Gasteiger partial charge in [-0.1, -0.05) is 0 Å². The van der Waals surface area contributed by atoms with Gasteiger partial charge >= 0.3 is 0 Å². The zero-order valence-electron chi connectivity index (χ0n) is 8.69. The molecular formula is C9H15N3O2. The van der Waals surface area contributed by atoms with Crippen molar-refractivity contribution >= 4 is 5.91 Å². The van der Waals surface area contributed by atoms with Crippen molar-refractivity contribution < 1.29 is 9.90 Å². The summed E-state index contributed by atoms with van der Waals surface area (Å²) in [6.07, 6.45) is 1.69. The van der Waals surface area contributed by atoms with E-state index in [1.165, 1.54) is 4.90 Å². The number of carbonyl (C=O) groups is 1. The van der Waals surface area contributed by atoms with Crippen molar-refractivity contribution in [3.05, 3.63) is 17.5 Å². The molecule has 5 nitrogen and oxygen atoms in total. The van der Waals surface area contributed by atoms with E-state index in [4.69, 9.17) is 5.11 Å². The first kappa shape index (κ1) is 10.7. The second-order valence-electron chi connectivity index (χ2n) is 3.25. The quantitative estimate of drug-likeness (QED) is 0.729. The number of carbonyl (C=O) groups excluding carboxylic acids is 1. The topological polar surface area (TPSA) is 58.4 Å². The Hall–Kier alpha value is -1.36. The molecule has 0 atom stereocenters. The van der Waals surface area contributed by atoms with Gasteiger partial charge in [-0.3, -0.25) is 9.48 Å². The van der Waals surface area contributed by atoms with Crippen LogP contribution in [0.1, 0.15) is 16.1 Å². The summed E-state index contributed by atoms with van der Waals surface area (Å²) in [6.45, 7) is 2.11. The first-order chi connectivity index (χ1) is 6.56. The molecule has 1 rings (SSSR count). The van der Waals surface area contributed by atoms with Crippen LogP contribution in [-0.2, 0) is 7.05 Å². The Kier molecular flexibility index (Phi) is 3.24. The van der Waals surface area contributed by atoms with E-state index in [0.29, 0.717) is 17.8 Å². The van der Waals surface area contributed by atoms with E-state index in [2.05, 4.69) is 5.10 Å². The summed E-state index contributed by atoms with van der Waals surface area (Å²) in [6, 6.07) is 0. The second-order valence-corrected chi connectivity index (χ2v) is 3.25. The van der Waals surface area contributed by atoms with Crippen molar-refractivity contribution in [2.75, 3.05) is 20.2 Å². The molecule has 1 N–H and O–H groups in total.